The zero-order chi connectivity index (χ0) is 25.5. The third-order valence-corrected chi connectivity index (χ3v) is 7.07. The third kappa shape index (κ3) is 5.65. The molecule has 2 aromatic carbocycles. The Morgan fingerprint density at radius 3 is 2.14 bits per heavy atom. The number of nitrogens with zero attached hydrogens (tertiary/aromatic N) is 1. The molecule has 0 radical (unpaired) electrons. The topological polar surface area (TPSA) is 32.7 Å². The molecule has 2 heterocycles. The number of aliphatic hydroxyl groups is 1. The molecule has 2 unspecified atom stereocenters. The fourth-order valence-corrected chi connectivity index (χ4v) is 5.29. The number of aliphatic hydroxyl groups excluding tert-OH is 1. The number of rotatable bonds is 5. The van der Waals surface area contributed by atoms with E-state index in [-0.39, 0.29) is 36.1 Å². The van der Waals surface area contributed by atoms with Gasteiger partial charge in [-0.3, -0.25) is 4.90 Å². The molecule has 10 heteroatoms. The molecule has 192 valence electrons. The van der Waals surface area contributed by atoms with E-state index in [1.54, 1.807) is 12.1 Å². The fourth-order valence-electron chi connectivity index (χ4n) is 5.29. The van der Waals surface area contributed by atoms with Crippen molar-refractivity contribution in [3.05, 3.63) is 70.5 Å². The van der Waals surface area contributed by atoms with Crippen molar-refractivity contribution in [2.45, 2.75) is 56.3 Å². The maximum absolute atomic E-state index is 13.6. The van der Waals surface area contributed by atoms with Crippen molar-refractivity contribution in [3.63, 3.8) is 0 Å². The van der Waals surface area contributed by atoms with Gasteiger partial charge in [-0.05, 0) is 73.7 Å². The van der Waals surface area contributed by atoms with Crippen LogP contribution < -0.4 is 0 Å². The summed E-state index contributed by atoms with van der Waals surface area (Å²) in [6.07, 6.45) is -10.1. The van der Waals surface area contributed by atoms with Gasteiger partial charge in [-0.15, -0.1) is 0 Å². The Hall–Kier alpha value is -2.17. The predicted octanol–water partition coefficient (Wildman–Crippen LogP) is 6.18. The molecule has 0 spiro atoms. The molecule has 2 saturated heterocycles. The highest BCUT2D eigenvalue weighted by Crippen LogP contribution is 2.44. The molecule has 2 fully saturated rings. The highest BCUT2D eigenvalue weighted by atomic mass is 19.4. The lowest BCUT2D eigenvalue weighted by molar-refractivity contribution is -0.143. The predicted molar refractivity (Wildman–Crippen MR) is 114 cm³/mol. The third-order valence-electron chi connectivity index (χ3n) is 7.07. The lowest BCUT2D eigenvalue weighted by Crippen LogP contribution is -2.40. The van der Waals surface area contributed by atoms with E-state index in [0.717, 1.165) is 12.0 Å². The summed E-state index contributed by atoms with van der Waals surface area (Å²) >= 11 is 0. The van der Waals surface area contributed by atoms with Gasteiger partial charge in [-0.1, -0.05) is 12.1 Å². The average Bonchev–Trinajstić information content (AvgIpc) is 3.15. The molecule has 1 N–H and O–H groups in total. The number of ether oxygens (including phenoxy) is 1. The molecule has 0 amide bonds. The Morgan fingerprint density at radius 2 is 1.60 bits per heavy atom. The van der Waals surface area contributed by atoms with Crippen molar-refractivity contribution in [1.29, 1.82) is 0 Å². The van der Waals surface area contributed by atoms with Crippen LogP contribution in [-0.2, 0) is 17.1 Å². The Balaban J connectivity index is 1.65. The quantitative estimate of drug-likeness (QED) is 0.493. The van der Waals surface area contributed by atoms with Crippen molar-refractivity contribution in [2.75, 3.05) is 19.7 Å². The standard InChI is InChI=1S/C25H26F7NO2/c1-14(17-9-18(24(27,28)29)11-19(10-17)25(30,31)32)35-22-12-33-7-6-15(13-34)8-21(33)23(22)16-2-4-20(26)5-3-16/h2-5,9-11,14-15,21-23,34H,6-8,12-13H2,1H3/t14-,15?,21+,22+,23?/m1/s1. The SMILES string of the molecule is C[C@@H](O[C@H]1CN2CCC(CO)C[C@H]2C1c1ccc(F)cc1)c1cc(C(F)(F)F)cc(C(F)(F)F)c1. The number of hydrogen-bond donors (Lipinski definition) is 1. The molecule has 2 aromatic rings. The van der Waals surface area contributed by atoms with Crippen LogP contribution in [0.3, 0.4) is 0 Å². The second-order valence-electron chi connectivity index (χ2n) is 9.37. The van der Waals surface area contributed by atoms with Gasteiger partial charge in [-0.2, -0.15) is 26.3 Å². The number of piperidine rings is 1. The van der Waals surface area contributed by atoms with Gasteiger partial charge in [0.25, 0.3) is 0 Å². The normalized spacial score (nSPS) is 26.5. The smallest absolute Gasteiger partial charge is 0.396 e. The maximum Gasteiger partial charge on any atom is 0.416 e. The molecule has 3 nitrogen and oxygen atoms in total. The minimum atomic E-state index is -4.94. The van der Waals surface area contributed by atoms with E-state index in [1.165, 1.54) is 19.1 Å². The van der Waals surface area contributed by atoms with Crippen LogP contribution in [0.2, 0.25) is 0 Å². The van der Waals surface area contributed by atoms with Crippen molar-refractivity contribution in [2.24, 2.45) is 5.92 Å². The van der Waals surface area contributed by atoms with E-state index in [0.29, 0.717) is 31.6 Å². The molecule has 5 atom stereocenters. The molecule has 2 aliphatic heterocycles. The second-order valence-corrected chi connectivity index (χ2v) is 9.37. The van der Waals surface area contributed by atoms with E-state index < -0.39 is 41.5 Å². The molecule has 4 rings (SSSR count). The first-order valence-corrected chi connectivity index (χ1v) is 11.4. The second kappa shape index (κ2) is 9.71. The summed E-state index contributed by atoms with van der Waals surface area (Å²) in [4.78, 5) is 2.17. The zero-order valence-corrected chi connectivity index (χ0v) is 18.9. The van der Waals surface area contributed by atoms with Gasteiger partial charge in [0, 0.05) is 25.1 Å². The number of hydrogen-bond acceptors (Lipinski definition) is 3. The average molecular weight is 505 g/mol. The van der Waals surface area contributed by atoms with E-state index in [4.69, 9.17) is 4.74 Å². The number of fused-ring (bicyclic) bond motifs is 1. The number of benzene rings is 2. The lowest BCUT2D eigenvalue weighted by atomic mass is 9.82. The van der Waals surface area contributed by atoms with Crippen LogP contribution in [0.25, 0.3) is 0 Å². The van der Waals surface area contributed by atoms with E-state index >= 15 is 0 Å². The van der Waals surface area contributed by atoms with Gasteiger partial charge < -0.3 is 9.84 Å². The Labute approximate surface area is 198 Å². The molecule has 0 aromatic heterocycles. The van der Waals surface area contributed by atoms with Gasteiger partial charge in [-0.25, -0.2) is 4.39 Å². The van der Waals surface area contributed by atoms with Crippen LogP contribution in [0.4, 0.5) is 30.7 Å². The molecule has 35 heavy (non-hydrogen) atoms. The van der Waals surface area contributed by atoms with E-state index in [2.05, 4.69) is 4.90 Å². The summed E-state index contributed by atoms with van der Waals surface area (Å²) in [6, 6.07) is 7.31. The van der Waals surface area contributed by atoms with Crippen LogP contribution in [0.15, 0.2) is 42.5 Å². The first-order chi connectivity index (χ1) is 16.4. The van der Waals surface area contributed by atoms with Gasteiger partial charge in [0.15, 0.2) is 0 Å². The molecule has 0 saturated carbocycles. The van der Waals surface area contributed by atoms with Gasteiger partial charge in [0.2, 0.25) is 0 Å². The van der Waals surface area contributed by atoms with Gasteiger partial charge >= 0.3 is 12.4 Å². The van der Waals surface area contributed by atoms with Crippen LogP contribution in [0.5, 0.6) is 0 Å². The van der Waals surface area contributed by atoms with Crippen LogP contribution in [-0.4, -0.2) is 41.8 Å². The van der Waals surface area contributed by atoms with E-state index in [1.807, 2.05) is 0 Å². The van der Waals surface area contributed by atoms with Crippen LogP contribution in [0, 0.1) is 11.7 Å². The van der Waals surface area contributed by atoms with E-state index in [9.17, 15) is 35.8 Å². The van der Waals surface area contributed by atoms with Gasteiger partial charge in [0.1, 0.15) is 5.82 Å². The number of halogens is 7. The summed E-state index contributed by atoms with van der Waals surface area (Å²) in [7, 11) is 0. The molecule has 0 bridgehead atoms. The molecular weight excluding hydrogens is 479 g/mol. The monoisotopic (exact) mass is 505 g/mol. The molecule has 2 aliphatic rings. The van der Waals surface area contributed by atoms with Crippen LogP contribution in [0.1, 0.15) is 54.0 Å². The Kier molecular flexibility index (Phi) is 7.19. The van der Waals surface area contributed by atoms with Crippen molar-refractivity contribution < 1.29 is 40.6 Å². The summed E-state index contributed by atoms with van der Waals surface area (Å²) in [5.74, 6) is -0.622. The summed E-state index contributed by atoms with van der Waals surface area (Å²) in [5.41, 5.74) is -2.22. The first kappa shape index (κ1) is 25.9. The highest BCUT2D eigenvalue weighted by Gasteiger charge is 2.46. The lowest BCUT2D eigenvalue weighted by Gasteiger charge is -2.36. The van der Waals surface area contributed by atoms with Crippen LogP contribution >= 0.6 is 0 Å². The fraction of sp³-hybridized carbons (Fsp3) is 0.520. The van der Waals surface area contributed by atoms with Crippen molar-refractivity contribution in [1.82, 2.24) is 4.90 Å². The Bertz CT molecular complexity index is 990. The molecular formula is C25H26F7NO2. The van der Waals surface area contributed by atoms with Crippen molar-refractivity contribution >= 4 is 0 Å². The Morgan fingerprint density at radius 1 is 1.00 bits per heavy atom. The minimum absolute atomic E-state index is 0.0207. The minimum Gasteiger partial charge on any atom is -0.396 e. The molecule has 0 aliphatic carbocycles. The maximum atomic E-state index is 13.6. The summed E-state index contributed by atoms with van der Waals surface area (Å²) in [6.45, 7) is 2.57. The zero-order valence-electron chi connectivity index (χ0n) is 18.9. The largest absolute Gasteiger partial charge is 0.416 e. The summed E-state index contributed by atoms with van der Waals surface area (Å²) < 4.78 is 99.7. The number of alkyl halides is 6. The summed E-state index contributed by atoms with van der Waals surface area (Å²) in [5, 5.41) is 9.66. The highest BCUT2D eigenvalue weighted by molar-refractivity contribution is 5.35. The first-order valence-electron chi connectivity index (χ1n) is 11.4. The van der Waals surface area contributed by atoms with Crippen molar-refractivity contribution in [3.8, 4) is 0 Å². The van der Waals surface area contributed by atoms with Gasteiger partial charge in [0.05, 0.1) is 23.3 Å².